The highest BCUT2D eigenvalue weighted by atomic mass is 16.7. The minimum Gasteiger partial charge on any atom is -0.507 e. The molecule has 9 nitrogen and oxygen atoms in total. The second-order valence-electron chi connectivity index (χ2n) is 11.7. The summed E-state index contributed by atoms with van der Waals surface area (Å²) in [6, 6.07) is 10.4. The number of Topliss-reactive ketones (excluding diaryl/α,β-unsaturated/α-hetero) is 1. The Labute approximate surface area is 232 Å². The van der Waals surface area contributed by atoms with Gasteiger partial charge in [0.05, 0.1) is 22.8 Å². The van der Waals surface area contributed by atoms with E-state index in [0.29, 0.717) is 11.1 Å². The van der Waals surface area contributed by atoms with Gasteiger partial charge in [-0.1, -0.05) is 18.2 Å². The molecule has 3 N–H and O–H groups in total. The van der Waals surface area contributed by atoms with Crippen molar-refractivity contribution >= 4 is 23.1 Å². The number of hydrogen-bond acceptors (Lipinski definition) is 9. The molecule has 1 fully saturated rings. The number of phenols is 2. The van der Waals surface area contributed by atoms with Gasteiger partial charge in [0.2, 0.25) is 5.78 Å². The number of ketones is 4. The maximum atomic E-state index is 14.1. The van der Waals surface area contributed by atoms with Gasteiger partial charge >= 0.3 is 0 Å². The number of fused-ring (bicyclic) bond motifs is 5. The molecule has 0 aromatic heterocycles. The van der Waals surface area contributed by atoms with Crippen molar-refractivity contribution in [2.45, 2.75) is 43.7 Å². The quantitative estimate of drug-likeness (QED) is 0.300. The Kier molecular flexibility index (Phi) is 4.13. The summed E-state index contributed by atoms with van der Waals surface area (Å²) in [5.74, 6) is -6.11. The van der Waals surface area contributed by atoms with Crippen LogP contribution < -0.4 is 4.74 Å². The monoisotopic (exact) mass is 550 g/mol. The molecule has 5 atom stereocenters. The Morgan fingerprint density at radius 1 is 0.829 bits per heavy atom. The van der Waals surface area contributed by atoms with Crippen molar-refractivity contribution in [3.05, 3.63) is 98.6 Å². The molecule has 41 heavy (non-hydrogen) atoms. The highest BCUT2D eigenvalue weighted by molar-refractivity contribution is 6.31. The lowest BCUT2D eigenvalue weighted by Gasteiger charge is -2.50. The Morgan fingerprint density at radius 3 is 2.34 bits per heavy atom. The largest absolute Gasteiger partial charge is 0.507 e. The second-order valence-corrected chi connectivity index (χ2v) is 11.7. The van der Waals surface area contributed by atoms with Crippen LogP contribution in [0.25, 0.3) is 0 Å². The molecule has 0 unspecified atom stereocenters. The third-order valence-corrected chi connectivity index (χ3v) is 9.51. The van der Waals surface area contributed by atoms with Crippen LogP contribution in [0.5, 0.6) is 17.2 Å². The van der Waals surface area contributed by atoms with Gasteiger partial charge in [-0.25, -0.2) is 0 Å². The average molecular weight is 551 g/mol. The number of rotatable bonds is 0. The number of aromatic hydroxyl groups is 2. The highest BCUT2D eigenvalue weighted by Gasteiger charge is 2.81. The van der Waals surface area contributed by atoms with E-state index in [2.05, 4.69) is 0 Å². The van der Waals surface area contributed by atoms with E-state index >= 15 is 0 Å². The first-order valence-electron chi connectivity index (χ1n) is 13.2. The fraction of sp³-hybridized carbons (Fsp3) is 0.250. The van der Waals surface area contributed by atoms with Crippen LogP contribution in [0.1, 0.15) is 72.7 Å². The molecular weight excluding hydrogens is 528 g/mol. The second kappa shape index (κ2) is 6.99. The number of carbonyl (C=O) groups excluding carboxylic acids is 4. The van der Waals surface area contributed by atoms with Gasteiger partial charge in [-0.3, -0.25) is 19.2 Å². The maximum Gasteiger partial charge on any atom is 0.253 e. The molecule has 1 spiro atoms. The smallest absolute Gasteiger partial charge is 0.253 e. The van der Waals surface area contributed by atoms with Crippen molar-refractivity contribution < 1.29 is 44.0 Å². The van der Waals surface area contributed by atoms with E-state index in [4.69, 9.17) is 9.47 Å². The summed E-state index contributed by atoms with van der Waals surface area (Å²) in [5.41, 5.74) is -2.83. The van der Waals surface area contributed by atoms with Crippen LogP contribution in [-0.4, -0.2) is 50.2 Å². The minimum atomic E-state index is -2.00. The van der Waals surface area contributed by atoms with E-state index < -0.39 is 52.0 Å². The zero-order valence-electron chi connectivity index (χ0n) is 22.1. The summed E-state index contributed by atoms with van der Waals surface area (Å²) in [5, 5.41) is 33.2. The molecule has 5 aliphatic rings. The molecule has 3 aromatic rings. The molecule has 3 aliphatic carbocycles. The van der Waals surface area contributed by atoms with E-state index in [1.165, 1.54) is 31.2 Å². The molecule has 2 heterocycles. The molecule has 2 aliphatic heterocycles. The predicted molar refractivity (Wildman–Crippen MR) is 140 cm³/mol. The lowest BCUT2D eigenvalue weighted by atomic mass is 9.49. The highest BCUT2D eigenvalue weighted by Crippen LogP contribution is 2.73. The molecule has 1 saturated heterocycles. The van der Waals surface area contributed by atoms with Crippen molar-refractivity contribution in [3.8, 4) is 17.2 Å². The third kappa shape index (κ3) is 2.36. The number of ether oxygens (including phenoxy) is 2. The van der Waals surface area contributed by atoms with Crippen molar-refractivity contribution in [2.75, 3.05) is 0 Å². The molecule has 204 valence electrons. The third-order valence-electron chi connectivity index (χ3n) is 9.51. The van der Waals surface area contributed by atoms with Gasteiger partial charge in [-0.15, -0.1) is 0 Å². The standard InChI is InChI=1S/C32H22O9/c1-12-9-15-22(20(34)10-12)27(38)23-14(25(15)36)7-8-17-28(23)41-32-16-5-4-6-19(33)24(16)26(37)18-11-21(35)30(3,39)29(13(2)40-32)31(17,18)32/h4-11,13,29,33-34,39H,1-3H3/t13-,29+,30-,31-,32+/m1/s1. The molecule has 0 radical (unpaired) electrons. The first kappa shape index (κ1) is 24.2. The van der Waals surface area contributed by atoms with Crippen LogP contribution in [0.15, 0.2) is 54.1 Å². The van der Waals surface area contributed by atoms with Crippen LogP contribution in [0.4, 0.5) is 0 Å². The molecule has 0 amide bonds. The van der Waals surface area contributed by atoms with Gasteiger partial charge in [0.25, 0.3) is 5.79 Å². The Morgan fingerprint density at radius 2 is 1.59 bits per heavy atom. The SMILES string of the molecule is Cc1cc(O)c2c(c1)C(=O)c1ccc3c(c1C2=O)O[C@]12O[C@H](C)[C@@H]4[C@]31C(=CC(=O)[C@@]4(C)O)C(=O)c1c(O)cccc12. The van der Waals surface area contributed by atoms with Crippen LogP contribution in [0.3, 0.4) is 0 Å². The fourth-order valence-corrected chi connectivity index (χ4v) is 8.12. The van der Waals surface area contributed by atoms with Crippen LogP contribution in [0, 0.1) is 12.8 Å². The summed E-state index contributed by atoms with van der Waals surface area (Å²) < 4.78 is 13.2. The summed E-state index contributed by atoms with van der Waals surface area (Å²) in [7, 11) is 0. The number of benzene rings is 3. The molecule has 0 bridgehead atoms. The zero-order valence-corrected chi connectivity index (χ0v) is 22.1. The van der Waals surface area contributed by atoms with Crippen molar-refractivity contribution in [1.29, 1.82) is 0 Å². The predicted octanol–water partition coefficient (Wildman–Crippen LogP) is 3.16. The van der Waals surface area contributed by atoms with E-state index in [1.54, 1.807) is 32.0 Å². The lowest BCUT2D eigenvalue weighted by molar-refractivity contribution is -0.188. The van der Waals surface area contributed by atoms with Gasteiger partial charge < -0.3 is 24.8 Å². The molecule has 0 saturated carbocycles. The van der Waals surface area contributed by atoms with Crippen molar-refractivity contribution in [2.24, 2.45) is 5.92 Å². The van der Waals surface area contributed by atoms with Gasteiger partial charge in [0, 0.05) is 33.7 Å². The molecule has 9 heteroatoms. The first-order chi connectivity index (χ1) is 19.4. The fourth-order valence-electron chi connectivity index (χ4n) is 8.12. The van der Waals surface area contributed by atoms with E-state index in [1.807, 2.05) is 0 Å². The number of phenolic OH excluding ortho intramolecular Hbond substituents is 2. The number of aryl methyl sites for hydroxylation is 1. The van der Waals surface area contributed by atoms with E-state index in [-0.39, 0.29) is 56.2 Å². The molecule has 8 rings (SSSR count). The Hall–Kier alpha value is -4.60. The zero-order chi connectivity index (χ0) is 29.0. The molecular formula is C32H22O9. The van der Waals surface area contributed by atoms with Crippen LogP contribution in [0.2, 0.25) is 0 Å². The van der Waals surface area contributed by atoms with Gasteiger partial charge in [-0.2, -0.15) is 0 Å². The van der Waals surface area contributed by atoms with Gasteiger partial charge in [-0.05, 0) is 56.7 Å². The Bertz CT molecular complexity index is 1910. The Balaban J connectivity index is 1.52. The molecule has 3 aromatic carbocycles. The number of hydrogen-bond donors (Lipinski definition) is 3. The van der Waals surface area contributed by atoms with Crippen LogP contribution in [-0.2, 0) is 20.7 Å². The summed E-state index contributed by atoms with van der Waals surface area (Å²) in [6.07, 6.45) is 0.257. The number of aliphatic hydroxyl groups is 1. The van der Waals surface area contributed by atoms with Gasteiger partial charge in [0.1, 0.15) is 28.3 Å². The summed E-state index contributed by atoms with van der Waals surface area (Å²) >= 11 is 0. The normalized spacial score (nSPS) is 31.9. The average Bonchev–Trinajstić information content (AvgIpc) is 3.34. The van der Waals surface area contributed by atoms with Crippen LogP contribution >= 0.6 is 0 Å². The van der Waals surface area contributed by atoms with Gasteiger partial charge in [0.15, 0.2) is 17.3 Å². The number of carbonyl (C=O) groups is 4. The topological polar surface area (TPSA) is 147 Å². The first-order valence-corrected chi connectivity index (χ1v) is 13.2. The van der Waals surface area contributed by atoms with E-state index in [9.17, 15) is 34.5 Å². The van der Waals surface area contributed by atoms with Crippen molar-refractivity contribution in [1.82, 2.24) is 0 Å². The summed E-state index contributed by atoms with van der Waals surface area (Å²) in [4.78, 5) is 55.2. The lowest BCUT2D eigenvalue weighted by Crippen LogP contribution is -2.64. The minimum absolute atomic E-state index is 0.0375. The van der Waals surface area contributed by atoms with Crippen molar-refractivity contribution in [3.63, 3.8) is 0 Å². The summed E-state index contributed by atoms with van der Waals surface area (Å²) in [6.45, 7) is 4.73. The maximum absolute atomic E-state index is 14.1. The van der Waals surface area contributed by atoms with E-state index in [0.717, 1.165) is 6.08 Å².